The van der Waals surface area contributed by atoms with Gasteiger partial charge in [0, 0.05) is 11.5 Å². The van der Waals surface area contributed by atoms with Gasteiger partial charge in [0.15, 0.2) is 0 Å². The first-order chi connectivity index (χ1) is 4.88. The Morgan fingerprint density at radius 3 is 3.30 bits per heavy atom. The van der Waals surface area contributed by atoms with E-state index in [0.717, 1.165) is 18.4 Å². The molecule has 1 atom stereocenters. The van der Waals surface area contributed by atoms with Crippen LogP contribution in [0.25, 0.3) is 0 Å². The van der Waals surface area contributed by atoms with Crippen molar-refractivity contribution in [2.24, 2.45) is 5.92 Å². The van der Waals surface area contributed by atoms with Crippen molar-refractivity contribution in [2.75, 3.05) is 6.61 Å². The molecule has 1 saturated heterocycles. The standard InChI is InChI=1S/C8H10O2/c9-8-7-4-2-1-3-6(7)5-10-8/h4,6H,1-3,5H2. The van der Waals surface area contributed by atoms with Crippen LogP contribution in [0.3, 0.4) is 0 Å². The first-order valence-electron chi connectivity index (χ1n) is 3.75. The van der Waals surface area contributed by atoms with Crippen LogP contribution >= 0.6 is 0 Å². The number of carbonyl (C=O) groups excluding carboxylic acids is 1. The maximum Gasteiger partial charge on any atom is 0.334 e. The summed E-state index contributed by atoms with van der Waals surface area (Å²) in [4.78, 5) is 10.9. The summed E-state index contributed by atoms with van der Waals surface area (Å²) in [5.74, 6) is 0.353. The Bertz CT molecular complexity index is 193. The van der Waals surface area contributed by atoms with Gasteiger partial charge in [-0.3, -0.25) is 0 Å². The first kappa shape index (κ1) is 5.96. The molecule has 1 fully saturated rings. The summed E-state index contributed by atoms with van der Waals surface area (Å²) < 4.78 is 4.89. The highest BCUT2D eigenvalue weighted by Gasteiger charge is 2.31. The molecule has 0 aromatic heterocycles. The zero-order valence-electron chi connectivity index (χ0n) is 5.80. The van der Waals surface area contributed by atoms with Crippen LogP contribution in [0, 0.1) is 5.92 Å². The second kappa shape index (κ2) is 2.11. The van der Waals surface area contributed by atoms with Crippen LogP contribution in [0.1, 0.15) is 19.3 Å². The number of fused-ring (bicyclic) bond motifs is 1. The van der Waals surface area contributed by atoms with Crippen molar-refractivity contribution in [1.29, 1.82) is 0 Å². The molecule has 2 rings (SSSR count). The molecule has 0 amide bonds. The Morgan fingerprint density at radius 1 is 1.60 bits per heavy atom. The van der Waals surface area contributed by atoms with Crippen LogP contribution in [0.5, 0.6) is 0 Å². The number of carbonyl (C=O) groups is 1. The quantitative estimate of drug-likeness (QED) is 0.471. The van der Waals surface area contributed by atoms with Gasteiger partial charge in [-0.15, -0.1) is 0 Å². The van der Waals surface area contributed by atoms with Gasteiger partial charge in [0.2, 0.25) is 0 Å². The predicted molar refractivity (Wildman–Crippen MR) is 36.4 cm³/mol. The third kappa shape index (κ3) is 0.753. The number of cyclic esters (lactones) is 1. The van der Waals surface area contributed by atoms with Crippen LogP contribution in [0.4, 0.5) is 0 Å². The largest absolute Gasteiger partial charge is 0.462 e. The van der Waals surface area contributed by atoms with Crippen molar-refractivity contribution in [1.82, 2.24) is 0 Å². The number of esters is 1. The van der Waals surface area contributed by atoms with Crippen molar-refractivity contribution < 1.29 is 9.53 Å². The number of hydrogen-bond donors (Lipinski definition) is 0. The predicted octanol–water partition coefficient (Wildman–Crippen LogP) is 1.27. The van der Waals surface area contributed by atoms with E-state index >= 15 is 0 Å². The van der Waals surface area contributed by atoms with Crippen LogP contribution in [0.15, 0.2) is 11.6 Å². The van der Waals surface area contributed by atoms with Gasteiger partial charge in [0.25, 0.3) is 0 Å². The second-order valence-corrected chi connectivity index (χ2v) is 2.89. The highest BCUT2D eigenvalue weighted by atomic mass is 16.5. The van der Waals surface area contributed by atoms with Gasteiger partial charge < -0.3 is 4.74 Å². The summed E-state index contributed by atoms with van der Waals surface area (Å²) in [6.45, 7) is 0.630. The van der Waals surface area contributed by atoms with Gasteiger partial charge in [-0.1, -0.05) is 6.08 Å². The minimum Gasteiger partial charge on any atom is -0.462 e. The number of rotatable bonds is 0. The summed E-state index contributed by atoms with van der Waals surface area (Å²) in [5.41, 5.74) is 0.936. The Morgan fingerprint density at radius 2 is 2.50 bits per heavy atom. The Hall–Kier alpha value is -0.790. The molecule has 1 aliphatic carbocycles. The number of allylic oxidation sites excluding steroid dienone is 1. The molecule has 54 valence electrons. The molecule has 1 heterocycles. The average molecular weight is 138 g/mol. The van der Waals surface area contributed by atoms with Gasteiger partial charge >= 0.3 is 5.97 Å². The zero-order chi connectivity index (χ0) is 6.97. The Balaban J connectivity index is 2.27. The normalized spacial score (nSPS) is 31.0. The molecule has 0 radical (unpaired) electrons. The maximum absolute atomic E-state index is 10.9. The van der Waals surface area contributed by atoms with Crippen molar-refractivity contribution in [3.8, 4) is 0 Å². The monoisotopic (exact) mass is 138 g/mol. The average Bonchev–Trinajstić information content (AvgIpc) is 2.34. The highest BCUT2D eigenvalue weighted by molar-refractivity contribution is 5.91. The molecule has 0 aromatic rings. The molecule has 0 bridgehead atoms. The smallest absolute Gasteiger partial charge is 0.334 e. The molecule has 2 heteroatoms. The molecular formula is C8H10O2. The van der Waals surface area contributed by atoms with Gasteiger partial charge in [-0.05, 0) is 19.3 Å². The highest BCUT2D eigenvalue weighted by Crippen LogP contribution is 2.30. The topological polar surface area (TPSA) is 26.3 Å². The van der Waals surface area contributed by atoms with Crippen LogP contribution in [-0.2, 0) is 9.53 Å². The summed E-state index contributed by atoms with van der Waals surface area (Å²) in [6.07, 6.45) is 5.44. The molecule has 10 heavy (non-hydrogen) atoms. The Kier molecular flexibility index (Phi) is 1.26. The lowest BCUT2D eigenvalue weighted by Crippen LogP contribution is -2.07. The number of ether oxygens (including phenoxy) is 1. The van der Waals surface area contributed by atoms with E-state index in [0.29, 0.717) is 12.5 Å². The maximum atomic E-state index is 10.9. The molecule has 0 aromatic carbocycles. The molecule has 0 spiro atoms. The van der Waals surface area contributed by atoms with E-state index < -0.39 is 0 Å². The SMILES string of the molecule is O=C1OCC2CCCC=C12. The van der Waals surface area contributed by atoms with Crippen molar-refractivity contribution in [3.05, 3.63) is 11.6 Å². The summed E-state index contributed by atoms with van der Waals surface area (Å²) in [6, 6.07) is 0. The van der Waals surface area contributed by atoms with Crippen molar-refractivity contribution in [2.45, 2.75) is 19.3 Å². The van der Waals surface area contributed by atoms with E-state index in [2.05, 4.69) is 0 Å². The van der Waals surface area contributed by atoms with E-state index in [1.165, 1.54) is 6.42 Å². The summed E-state index contributed by atoms with van der Waals surface area (Å²) >= 11 is 0. The van der Waals surface area contributed by atoms with Crippen molar-refractivity contribution in [3.63, 3.8) is 0 Å². The van der Waals surface area contributed by atoms with E-state index in [1.54, 1.807) is 0 Å². The fraction of sp³-hybridized carbons (Fsp3) is 0.625. The van der Waals surface area contributed by atoms with Gasteiger partial charge in [0.05, 0.1) is 6.61 Å². The molecule has 0 saturated carbocycles. The lowest BCUT2D eigenvalue weighted by atomic mass is 9.90. The molecule has 2 nitrogen and oxygen atoms in total. The molecular weight excluding hydrogens is 128 g/mol. The summed E-state index contributed by atoms with van der Waals surface area (Å²) in [7, 11) is 0. The van der Waals surface area contributed by atoms with Gasteiger partial charge in [0.1, 0.15) is 0 Å². The van der Waals surface area contributed by atoms with E-state index in [9.17, 15) is 4.79 Å². The minimum atomic E-state index is -0.0790. The lowest BCUT2D eigenvalue weighted by Gasteiger charge is -2.11. The minimum absolute atomic E-state index is 0.0790. The third-order valence-corrected chi connectivity index (χ3v) is 2.21. The third-order valence-electron chi connectivity index (χ3n) is 2.21. The second-order valence-electron chi connectivity index (χ2n) is 2.89. The van der Waals surface area contributed by atoms with E-state index in [-0.39, 0.29) is 5.97 Å². The first-order valence-corrected chi connectivity index (χ1v) is 3.75. The molecule has 2 aliphatic rings. The van der Waals surface area contributed by atoms with Crippen LogP contribution in [0.2, 0.25) is 0 Å². The molecule has 1 aliphatic heterocycles. The fourth-order valence-corrected chi connectivity index (χ4v) is 1.63. The lowest BCUT2D eigenvalue weighted by molar-refractivity contribution is -0.135. The molecule has 0 N–H and O–H groups in total. The van der Waals surface area contributed by atoms with Crippen molar-refractivity contribution >= 4 is 5.97 Å². The van der Waals surface area contributed by atoms with Gasteiger partial charge in [-0.2, -0.15) is 0 Å². The summed E-state index contributed by atoms with van der Waals surface area (Å²) in [5, 5.41) is 0. The van der Waals surface area contributed by atoms with Crippen LogP contribution in [-0.4, -0.2) is 12.6 Å². The van der Waals surface area contributed by atoms with Crippen LogP contribution < -0.4 is 0 Å². The molecule has 1 unspecified atom stereocenters. The van der Waals surface area contributed by atoms with Gasteiger partial charge in [-0.25, -0.2) is 4.79 Å². The number of hydrogen-bond acceptors (Lipinski definition) is 2. The van der Waals surface area contributed by atoms with E-state index in [4.69, 9.17) is 4.74 Å². The van der Waals surface area contributed by atoms with E-state index in [1.807, 2.05) is 6.08 Å². The Labute approximate surface area is 59.9 Å². The fourth-order valence-electron chi connectivity index (χ4n) is 1.63. The zero-order valence-corrected chi connectivity index (χ0v) is 5.80.